The van der Waals surface area contributed by atoms with Gasteiger partial charge in [0, 0.05) is 6.07 Å². The molecule has 0 bridgehead atoms. The Morgan fingerprint density at radius 2 is 2.00 bits per heavy atom. The Bertz CT molecular complexity index is 308. The molecule has 0 aliphatic carbocycles. The highest BCUT2D eigenvalue weighted by Crippen LogP contribution is 2.25. The van der Waals surface area contributed by atoms with Gasteiger partial charge in [-0.1, -0.05) is 6.07 Å². The number of aliphatic hydroxyl groups excluding tert-OH is 1. The molecule has 0 aliphatic rings. The van der Waals surface area contributed by atoms with E-state index in [-0.39, 0.29) is 6.10 Å². The molecule has 1 aromatic carbocycles. The van der Waals surface area contributed by atoms with Crippen LogP contribution in [0.2, 0.25) is 0 Å². The summed E-state index contributed by atoms with van der Waals surface area (Å²) in [5, 5.41) is 9.21. The van der Waals surface area contributed by atoms with Crippen LogP contribution in [0.3, 0.4) is 0 Å². The van der Waals surface area contributed by atoms with Gasteiger partial charge in [0.2, 0.25) is 0 Å². The van der Waals surface area contributed by atoms with Crippen molar-refractivity contribution in [1.29, 1.82) is 0 Å². The van der Waals surface area contributed by atoms with Crippen molar-refractivity contribution in [3.8, 4) is 11.5 Å². The van der Waals surface area contributed by atoms with Gasteiger partial charge in [0.1, 0.15) is 11.5 Å². The molecule has 0 saturated carbocycles. The van der Waals surface area contributed by atoms with Gasteiger partial charge in [-0.05, 0) is 31.4 Å². The Hall–Kier alpha value is -1.22. The van der Waals surface area contributed by atoms with Gasteiger partial charge >= 0.3 is 0 Å². The highest BCUT2D eigenvalue weighted by atomic mass is 16.5. The Kier molecular flexibility index (Phi) is 4.43. The number of aryl methyl sites for hydroxylation is 1. The first-order valence-corrected chi connectivity index (χ1v) is 5.06. The Morgan fingerprint density at radius 3 is 2.53 bits per heavy atom. The van der Waals surface area contributed by atoms with Crippen molar-refractivity contribution in [3.05, 3.63) is 23.8 Å². The molecule has 84 valence electrons. The van der Waals surface area contributed by atoms with Crippen LogP contribution in [0.1, 0.15) is 18.9 Å². The molecule has 0 fully saturated rings. The van der Waals surface area contributed by atoms with Gasteiger partial charge in [-0.25, -0.2) is 0 Å². The van der Waals surface area contributed by atoms with Crippen LogP contribution in [-0.4, -0.2) is 25.4 Å². The molecule has 0 aliphatic heterocycles. The minimum Gasteiger partial charge on any atom is -0.497 e. The molecular weight excluding hydrogens is 192 g/mol. The van der Waals surface area contributed by atoms with E-state index in [1.165, 1.54) is 0 Å². The second-order valence-electron chi connectivity index (χ2n) is 3.57. The fraction of sp³-hybridized carbons (Fsp3) is 0.500. The van der Waals surface area contributed by atoms with Crippen LogP contribution < -0.4 is 9.47 Å². The first-order valence-electron chi connectivity index (χ1n) is 5.06. The number of benzene rings is 1. The minimum atomic E-state index is -0.281. The molecule has 1 atom stereocenters. The third kappa shape index (κ3) is 3.44. The predicted octanol–water partition coefficient (Wildman–Crippen LogP) is 2.02. The first-order chi connectivity index (χ1) is 7.17. The number of methoxy groups -OCH3 is 2. The normalized spacial score (nSPS) is 12.3. The van der Waals surface area contributed by atoms with Crippen molar-refractivity contribution >= 4 is 0 Å². The average molecular weight is 210 g/mol. The highest BCUT2D eigenvalue weighted by molar-refractivity contribution is 5.40. The molecule has 3 nitrogen and oxygen atoms in total. The van der Waals surface area contributed by atoms with E-state index >= 15 is 0 Å². The van der Waals surface area contributed by atoms with Crippen LogP contribution in [0.4, 0.5) is 0 Å². The molecule has 0 aromatic heterocycles. The van der Waals surface area contributed by atoms with Crippen molar-refractivity contribution < 1.29 is 14.6 Å². The predicted molar refractivity (Wildman–Crippen MR) is 59.5 cm³/mol. The van der Waals surface area contributed by atoms with Crippen LogP contribution in [0.5, 0.6) is 11.5 Å². The lowest BCUT2D eigenvalue weighted by atomic mass is 10.1. The van der Waals surface area contributed by atoms with Crippen molar-refractivity contribution in [2.75, 3.05) is 14.2 Å². The van der Waals surface area contributed by atoms with E-state index in [9.17, 15) is 5.11 Å². The van der Waals surface area contributed by atoms with Crippen LogP contribution in [-0.2, 0) is 6.42 Å². The third-order valence-electron chi connectivity index (χ3n) is 2.33. The lowest BCUT2D eigenvalue weighted by molar-refractivity contribution is 0.184. The Labute approximate surface area is 90.6 Å². The standard InChI is InChI=1S/C12H18O3/c1-9(13)4-5-10-6-7-11(14-2)8-12(10)15-3/h6-9,13H,4-5H2,1-3H3. The summed E-state index contributed by atoms with van der Waals surface area (Å²) in [5.74, 6) is 1.60. The summed E-state index contributed by atoms with van der Waals surface area (Å²) in [4.78, 5) is 0. The first kappa shape index (κ1) is 11.9. The molecule has 0 heterocycles. The number of hydrogen-bond acceptors (Lipinski definition) is 3. The number of aliphatic hydroxyl groups is 1. The molecule has 0 saturated heterocycles. The van der Waals surface area contributed by atoms with E-state index in [1.807, 2.05) is 18.2 Å². The zero-order valence-electron chi connectivity index (χ0n) is 9.49. The maximum Gasteiger partial charge on any atom is 0.125 e. The number of rotatable bonds is 5. The monoisotopic (exact) mass is 210 g/mol. The minimum absolute atomic E-state index is 0.281. The fourth-order valence-electron chi connectivity index (χ4n) is 1.42. The summed E-state index contributed by atoms with van der Waals surface area (Å²) in [6.07, 6.45) is 1.27. The lowest BCUT2D eigenvalue weighted by Gasteiger charge is -2.11. The zero-order valence-corrected chi connectivity index (χ0v) is 9.49. The molecule has 0 spiro atoms. The van der Waals surface area contributed by atoms with Crippen LogP contribution in [0.25, 0.3) is 0 Å². The molecule has 15 heavy (non-hydrogen) atoms. The van der Waals surface area contributed by atoms with Crippen LogP contribution in [0.15, 0.2) is 18.2 Å². The van der Waals surface area contributed by atoms with Gasteiger partial charge in [0.05, 0.1) is 20.3 Å². The van der Waals surface area contributed by atoms with Crippen LogP contribution >= 0.6 is 0 Å². The SMILES string of the molecule is COc1ccc(CCC(C)O)c(OC)c1. The van der Waals surface area contributed by atoms with Gasteiger partial charge in [-0.3, -0.25) is 0 Å². The highest BCUT2D eigenvalue weighted by Gasteiger charge is 2.06. The molecule has 0 amide bonds. The van der Waals surface area contributed by atoms with E-state index < -0.39 is 0 Å². The van der Waals surface area contributed by atoms with E-state index in [1.54, 1.807) is 21.1 Å². The van der Waals surface area contributed by atoms with Crippen molar-refractivity contribution in [2.45, 2.75) is 25.9 Å². The quantitative estimate of drug-likeness (QED) is 0.808. The zero-order chi connectivity index (χ0) is 11.3. The van der Waals surface area contributed by atoms with Gasteiger partial charge in [-0.2, -0.15) is 0 Å². The van der Waals surface area contributed by atoms with Gasteiger partial charge in [-0.15, -0.1) is 0 Å². The summed E-state index contributed by atoms with van der Waals surface area (Å²) < 4.78 is 10.4. The van der Waals surface area contributed by atoms with Gasteiger partial charge in [0.15, 0.2) is 0 Å². The summed E-state index contributed by atoms with van der Waals surface area (Å²) in [6, 6.07) is 5.73. The topological polar surface area (TPSA) is 38.7 Å². The molecule has 1 N–H and O–H groups in total. The maximum absolute atomic E-state index is 9.21. The third-order valence-corrected chi connectivity index (χ3v) is 2.33. The van der Waals surface area contributed by atoms with Crippen molar-refractivity contribution in [2.24, 2.45) is 0 Å². The molecule has 1 rings (SSSR count). The number of ether oxygens (including phenoxy) is 2. The van der Waals surface area contributed by atoms with Crippen molar-refractivity contribution in [3.63, 3.8) is 0 Å². The molecule has 3 heteroatoms. The lowest BCUT2D eigenvalue weighted by Crippen LogP contribution is -2.02. The summed E-state index contributed by atoms with van der Waals surface area (Å²) in [7, 11) is 3.27. The second kappa shape index (κ2) is 5.61. The van der Waals surface area contributed by atoms with E-state index in [0.717, 1.165) is 29.9 Å². The Morgan fingerprint density at radius 1 is 1.27 bits per heavy atom. The average Bonchev–Trinajstić information content (AvgIpc) is 2.25. The largest absolute Gasteiger partial charge is 0.497 e. The summed E-state index contributed by atoms with van der Waals surface area (Å²) in [6.45, 7) is 1.79. The smallest absolute Gasteiger partial charge is 0.125 e. The summed E-state index contributed by atoms with van der Waals surface area (Å²) in [5.41, 5.74) is 1.10. The molecule has 1 aromatic rings. The van der Waals surface area contributed by atoms with E-state index in [2.05, 4.69) is 0 Å². The Balaban J connectivity index is 2.78. The summed E-state index contributed by atoms with van der Waals surface area (Å²) >= 11 is 0. The van der Waals surface area contributed by atoms with E-state index in [4.69, 9.17) is 9.47 Å². The van der Waals surface area contributed by atoms with Crippen molar-refractivity contribution in [1.82, 2.24) is 0 Å². The number of hydrogen-bond donors (Lipinski definition) is 1. The van der Waals surface area contributed by atoms with Gasteiger partial charge in [0.25, 0.3) is 0 Å². The van der Waals surface area contributed by atoms with E-state index in [0.29, 0.717) is 0 Å². The molecule has 1 unspecified atom stereocenters. The molecule has 0 radical (unpaired) electrons. The van der Waals surface area contributed by atoms with Gasteiger partial charge < -0.3 is 14.6 Å². The second-order valence-corrected chi connectivity index (χ2v) is 3.57. The molecular formula is C12H18O3. The van der Waals surface area contributed by atoms with Crippen LogP contribution in [0, 0.1) is 0 Å². The fourth-order valence-corrected chi connectivity index (χ4v) is 1.42. The maximum atomic E-state index is 9.21.